The van der Waals surface area contributed by atoms with Gasteiger partial charge in [0.15, 0.2) is 0 Å². The molecule has 0 radical (unpaired) electrons. The number of ether oxygens (including phenoxy) is 3. The van der Waals surface area contributed by atoms with Crippen molar-refractivity contribution in [2.75, 3.05) is 14.2 Å². The van der Waals surface area contributed by atoms with Crippen molar-refractivity contribution in [3.05, 3.63) is 53.6 Å². The molecule has 25 heavy (non-hydrogen) atoms. The third kappa shape index (κ3) is 5.63. The highest BCUT2D eigenvalue weighted by Gasteiger charge is 2.09. The molecule has 0 unspecified atom stereocenters. The second-order valence-corrected chi connectivity index (χ2v) is 5.15. The molecule has 0 atom stereocenters. The standard InChI is InChI=1S/C18H19F2NO4/c1-23-15-8-5-13(16(10-15)24-2)11-21-17(22)9-12-3-6-14(7-4-12)25-18(19)20/h3-8,10,18H,9,11H2,1-2H3,(H,21,22). The molecule has 2 rings (SSSR count). The first-order valence-electron chi connectivity index (χ1n) is 7.53. The van der Waals surface area contributed by atoms with Gasteiger partial charge < -0.3 is 19.5 Å². The third-order valence-corrected chi connectivity index (χ3v) is 3.48. The fourth-order valence-corrected chi connectivity index (χ4v) is 2.23. The number of nitrogens with one attached hydrogen (secondary N) is 1. The lowest BCUT2D eigenvalue weighted by atomic mass is 10.1. The maximum absolute atomic E-state index is 12.1. The highest BCUT2D eigenvalue weighted by atomic mass is 19.3. The summed E-state index contributed by atoms with van der Waals surface area (Å²) in [6.45, 7) is -2.56. The molecule has 7 heteroatoms. The predicted molar refractivity (Wildman–Crippen MR) is 88.2 cm³/mol. The van der Waals surface area contributed by atoms with Gasteiger partial charge in [-0.3, -0.25) is 4.79 Å². The van der Waals surface area contributed by atoms with E-state index in [0.29, 0.717) is 23.6 Å². The van der Waals surface area contributed by atoms with Crippen LogP contribution >= 0.6 is 0 Å². The summed E-state index contributed by atoms with van der Waals surface area (Å²) in [5.74, 6) is 1.15. The molecular weight excluding hydrogens is 332 g/mol. The molecule has 0 aromatic heterocycles. The summed E-state index contributed by atoms with van der Waals surface area (Å²) < 4.78 is 38.9. The Morgan fingerprint density at radius 1 is 1.04 bits per heavy atom. The number of methoxy groups -OCH3 is 2. The van der Waals surface area contributed by atoms with Crippen molar-refractivity contribution in [2.24, 2.45) is 0 Å². The number of amides is 1. The lowest BCUT2D eigenvalue weighted by molar-refractivity contribution is -0.120. The Bertz CT molecular complexity index is 705. The number of rotatable bonds is 8. The van der Waals surface area contributed by atoms with Crippen LogP contribution in [-0.4, -0.2) is 26.7 Å². The van der Waals surface area contributed by atoms with E-state index < -0.39 is 6.61 Å². The molecule has 0 fully saturated rings. The molecule has 1 N–H and O–H groups in total. The number of carbonyl (C=O) groups excluding carboxylic acids is 1. The molecule has 0 spiro atoms. The zero-order chi connectivity index (χ0) is 18.2. The molecular formula is C18H19F2NO4. The number of hydrogen-bond acceptors (Lipinski definition) is 4. The van der Waals surface area contributed by atoms with Crippen LogP contribution in [0.5, 0.6) is 17.2 Å². The molecule has 0 bridgehead atoms. The van der Waals surface area contributed by atoms with Crippen molar-refractivity contribution < 1.29 is 27.8 Å². The van der Waals surface area contributed by atoms with Crippen LogP contribution in [0.3, 0.4) is 0 Å². The minimum Gasteiger partial charge on any atom is -0.497 e. The van der Waals surface area contributed by atoms with Crippen LogP contribution in [0.4, 0.5) is 8.78 Å². The Balaban J connectivity index is 1.90. The van der Waals surface area contributed by atoms with Gasteiger partial charge >= 0.3 is 6.61 Å². The maximum Gasteiger partial charge on any atom is 0.387 e. The highest BCUT2D eigenvalue weighted by molar-refractivity contribution is 5.78. The van der Waals surface area contributed by atoms with Crippen LogP contribution < -0.4 is 19.5 Å². The Hall–Kier alpha value is -2.83. The first-order chi connectivity index (χ1) is 12.0. The molecule has 0 aliphatic heterocycles. The van der Waals surface area contributed by atoms with Crippen LogP contribution in [0.1, 0.15) is 11.1 Å². The summed E-state index contributed by atoms with van der Waals surface area (Å²) in [5, 5.41) is 2.80. The highest BCUT2D eigenvalue weighted by Crippen LogP contribution is 2.24. The Morgan fingerprint density at radius 2 is 1.72 bits per heavy atom. The van der Waals surface area contributed by atoms with E-state index in [1.54, 1.807) is 38.5 Å². The van der Waals surface area contributed by atoms with Crippen LogP contribution in [-0.2, 0) is 17.8 Å². The minimum atomic E-state index is -2.87. The molecule has 0 heterocycles. The SMILES string of the molecule is COc1ccc(CNC(=O)Cc2ccc(OC(F)F)cc2)c(OC)c1. The molecule has 0 aliphatic carbocycles. The fraction of sp³-hybridized carbons (Fsp3) is 0.278. The third-order valence-electron chi connectivity index (χ3n) is 3.48. The van der Waals surface area contributed by atoms with Gasteiger partial charge in [0.05, 0.1) is 20.6 Å². The molecule has 2 aromatic carbocycles. The van der Waals surface area contributed by atoms with E-state index in [-0.39, 0.29) is 18.1 Å². The van der Waals surface area contributed by atoms with Crippen molar-refractivity contribution in [1.82, 2.24) is 5.32 Å². The van der Waals surface area contributed by atoms with E-state index >= 15 is 0 Å². The summed E-state index contributed by atoms with van der Waals surface area (Å²) in [4.78, 5) is 12.0. The van der Waals surface area contributed by atoms with E-state index in [4.69, 9.17) is 9.47 Å². The van der Waals surface area contributed by atoms with Crippen LogP contribution in [0.2, 0.25) is 0 Å². The van der Waals surface area contributed by atoms with Crippen molar-refractivity contribution >= 4 is 5.91 Å². The van der Waals surface area contributed by atoms with Gasteiger partial charge in [0.25, 0.3) is 0 Å². The smallest absolute Gasteiger partial charge is 0.387 e. The molecule has 0 saturated heterocycles. The van der Waals surface area contributed by atoms with Crippen molar-refractivity contribution in [3.63, 3.8) is 0 Å². The first-order valence-corrected chi connectivity index (χ1v) is 7.53. The normalized spacial score (nSPS) is 10.4. The maximum atomic E-state index is 12.1. The Morgan fingerprint density at radius 3 is 2.32 bits per heavy atom. The van der Waals surface area contributed by atoms with Gasteiger partial charge in [-0.2, -0.15) is 8.78 Å². The summed E-state index contributed by atoms with van der Waals surface area (Å²) in [6, 6.07) is 11.3. The molecule has 1 amide bonds. The van der Waals surface area contributed by atoms with Gasteiger partial charge in [-0.15, -0.1) is 0 Å². The first kappa shape index (κ1) is 18.5. The Labute approximate surface area is 144 Å². The van der Waals surface area contributed by atoms with E-state index in [1.165, 1.54) is 12.1 Å². The molecule has 0 aliphatic rings. The number of halogens is 2. The fourth-order valence-electron chi connectivity index (χ4n) is 2.23. The summed E-state index contributed by atoms with van der Waals surface area (Å²) in [7, 11) is 3.11. The van der Waals surface area contributed by atoms with E-state index in [2.05, 4.69) is 10.1 Å². The van der Waals surface area contributed by atoms with Gasteiger partial charge in [0.1, 0.15) is 17.2 Å². The summed E-state index contributed by atoms with van der Waals surface area (Å²) >= 11 is 0. The van der Waals surface area contributed by atoms with E-state index in [1.807, 2.05) is 6.07 Å². The lowest BCUT2D eigenvalue weighted by Crippen LogP contribution is -2.24. The van der Waals surface area contributed by atoms with Gasteiger partial charge in [-0.05, 0) is 29.8 Å². The zero-order valence-electron chi connectivity index (χ0n) is 13.9. The van der Waals surface area contributed by atoms with Crippen LogP contribution in [0, 0.1) is 0 Å². The number of carbonyl (C=O) groups is 1. The van der Waals surface area contributed by atoms with Crippen molar-refractivity contribution in [1.29, 1.82) is 0 Å². The number of hydrogen-bond donors (Lipinski definition) is 1. The second kappa shape index (κ2) is 8.86. The van der Waals surface area contributed by atoms with Gasteiger partial charge in [0.2, 0.25) is 5.91 Å². The van der Waals surface area contributed by atoms with Crippen molar-refractivity contribution in [3.8, 4) is 17.2 Å². The lowest BCUT2D eigenvalue weighted by Gasteiger charge is -2.11. The van der Waals surface area contributed by atoms with E-state index in [9.17, 15) is 13.6 Å². The second-order valence-electron chi connectivity index (χ2n) is 5.15. The number of alkyl halides is 2. The van der Waals surface area contributed by atoms with E-state index in [0.717, 1.165) is 5.56 Å². The average Bonchev–Trinajstić information content (AvgIpc) is 2.61. The monoisotopic (exact) mass is 351 g/mol. The molecule has 2 aromatic rings. The minimum absolute atomic E-state index is 0.0575. The average molecular weight is 351 g/mol. The molecule has 134 valence electrons. The van der Waals surface area contributed by atoms with Crippen LogP contribution in [0.15, 0.2) is 42.5 Å². The quantitative estimate of drug-likeness (QED) is 0.794. The van der Waals surface area contributed by atoms with Gasteiger partial charge in [-0.25, -0.2) is 0 Å². The van der Waals surface area contributed by atoms with Crippen LogP contribution in [0.25, 0.3) is 0 Å². The van der Waals surface area contributed by atoms with Gasteiger partial charge in [-0.1, -0.05) is 12.1 Å². The topological polar surface area (TPSA) is 56.8 Å². The predicted octanol–water partition coefficient (Wildman–Crippen LogP) is 3.16. The summed E-state index contributed by atoms with van der Waals surface area (Å²) in [6.07, 6.45) is 0.132. The van der Waals surface area contributed by atoms with Gasteiger partial charge in [0, 0.05) is 18.2 Å². The number of benzene rings is 2. The molecule has 0 saturated carbocycles. The zero-order valence-corrected chi connectivity index (χ0v) is 13.9. The van der Waals surface area contributed by atoms with Crippen molar-refractivity contribution in [2.45, 2.75) is 19.6 Å². The molecule has 5 nitrogen and oxygen atoms in total. The Kier molecular flexibility index (Phi) is 6.56. The summed E-state index contributed by atoms with van der Waals surface area (Å²) in [5.41, 5.74) is 1.51. The largest absolute Gasteiger partial charge is 0.497 e.